The van der Waals surface area contributed by atoms with Crippen molar-refractivity contribution >= 4 is 17.3 Å². The number of benzene rings is 2. The molecular weight excluding hydrogens is 272 g/mol. The zero-order valence-corrected chi connectivity index (χ0v) is 10.5. The SMILES string of the molecule is Fc1cc(F)cc([C@@H]2COc3ccc(Cl)cc3N2)c1. The molecule has 1 aliphatic rings. The van der Waals surface area contributed by atoms with Gasteiger partial charge in [0.05, 0.1) is 11.7 Å². The molecule has 0 radical (unpaired) electrons. The van der Waals surface area contributed by atoms with Gasteiger partial charge in [-0.3, -0.25) is 0 Å². The number of hydrogen-bond donors (Lipinski definition) is 1. The second kappa shape index (κ2) is 4.70. The van der Waals surface area contributed by atoms with Crippen LogP contribution in [0.2, 0.25) is 5.02 Å². The maximum atomic E-state index is 13.2. The first kappa shape index (κ1) is 12.2. The predicted octanol–water partition coefficient (Wildman–Crippen LogP) is 4.16. The van der Waals surface area contributed by atoms with Gasteiger partial charge in [-0.25, -0.2) is 8.78 Å². The van der Waals surface area contributed by atoms with Gasteiger partial charge in [0.1, 0.15) is 24.0 Å². The number of anilines is 1. The average molecular weight is 282 g/mol. The summed E-state index contributed by atoms with van der Waals surface area (Å²) in [6.45, 7) is 0.303. The third-order valence-electron chi connectivity index (χ3n) is 2.96. The molecule has 0 bridgehead atoms. The summed E-state index contributed by atoms with van der Waals surface area (Å²) in [7, 11) is 0. The molecule has 0 amide bonds. The Bertz CT molecular complexity index is 613. The summed E-state index contributed by atoms with van der Waals surface area (Å²) < 4.78 is 32.0. The molecule has 0 unspecified atom stereocenters. The molecule has 98 valence electrons. The molecule has 1 atom stereocenters. The molecule has 0 fully saturated rings. The largest absolute Gasteiger partial charge is 0.489 e. The highest BCUT2D eigenvalue weighted by Gasteiger charge is 2.21. The Kier molecular flexibility index (Phi) is 3.03. The molecule has 0 saturated heterocycles. The van der Waals surface area contributed by atoms with Crippen LogP contribution in [0.1, 0.15) is 11.6 Å². The van der Waals surface area contributed by atoms with Crippen LogP contribution >= 0.6 is 11.6 Å². The van der Waals surface area contributed by atoms with Gasteiger partial charge in [-0.05, 0) is 35.9 Å². The highest BCUT2D eigenvalue weighted by Crippen LogP contribution is 2.35. The Balaban J connectivity index is 1.92. The Morgan fingerprint density at radius 3 is 2.58 bits per heavy atom. The van der Waals surface area contributed by atoms with Gasteiger partial charge < -0.3 is 10.1 Å². The highest BCUT2D eigenvalue weighted by atomic mass is 35.5. The van der Waals surface area contributed by atoms with Gasteiger partial charge in [0.25, 0.3) is 0 Å². The monoisotopic (exact) mass is 281 g/mol. The molecule has 2 aromatic rings. The first-order valence-electron chi connectivity index (χ1n) is 5.77. The lowest BCUT2D eigenvalue weighted by atomic mass is 10.1. The molecule has 0 spiro atoms. The van der Waals surface area contributed by atoms with Crippen LogP contribution in [0.4, 0.5) is 14.5 Å². The first-order chi connectivity index (χ1) is 9.11. The molecule has 0 aliphatic carbocycles. The topological polar surface area (TPSA) is 21.3 Å². The van der Waals surface area contributed by atoms with Crippen molar-refractivity contribution in [3.63, 3.8) is 0 Å². The standard InChI is InChI=1S/C14H10ClF2NO/c15-9-1-2-14-12(5-9)18-13(7-19-14)8-3-10(16)6-11(17)4-8/h1-6,13,18H,7H2/t13-/m0/s1. The fraction of sp³-hybridized carbons (Fsp3) is 0.143. The molecule has 2 aromatic carbocycles. The van der Waals surface area contributed by atoms with Crippen molar-refractivity contribution in [2.45, 2.75) is 6.04 Å². The third kappa shape index (κ3) is 2.49. The Morgan fingerprint density at radius 1 is 1.11 bits per heavy atom. The Hall–Kier alpha value is -1.81. The first-order valence-corrected chi connectivity index (χ1v) is 6.14. The summed E-state index contributed by atoms with van der Waals surface area (Å²) in [6.07, 6.45) is 0. The fourth-order valence-corrected chi connectivity index (χ4v) is 2.27. The van der Waals surface area contributed by atoms with Crippen LogP contribution in [-0.4, -0.2) is 6.61 Å². The molecule has 0 saturated carbocycles. The summed E-state index contributed by atoms with van der Waals surface area (Å²) in [4.78, 5) is 0. The number of nitrogens with one attached hydrogen (secondary N) is 1. The zero-order chi connectivity index (χ0) is 13.4. The summed E-state index contributed by atoms with van der Waals surface area (Å²) in [5.74, 6) is -0.528. The normalized spacial score (nSPS) is 17.3. The van der Waals surface area contributed by atoms with Crippen LogP contribution in [0.3, 0.4) is 0 Å². The smallest absolute Gasteiger partial charge is 0.142 e. The second-order valence-corrected chi connectivity index (χ2v) is 4.79. The van der Waals surface area contributed by atoms with Crippen molar-refractivity contribution in [1.29, 1.82) is 0 Å². The number of halogens is 3. The number of ether oxygens (including phenoxy) is 1. The van der Waals surface area contributed by atoms with E-state index in [1.807, 2.05) is 0 Å². The molecule has 1 N–H and O–H groups in total. The van der Waals surface area contributed by atoms with E-state index in [9.17, 15) is 8.78 Å². The number of rotatable bonds is 1. The molecule has 3 rings (SSSR count). The zero-order valence-electron chi connectivity index (χ0n) is 9.79. The molecule has 19 heavy (non-hydrogen) atoms. The lowest BCUT2D eigenvalue weighted by Crippen LogP contribution is -2.24. The molecule has 1 aliphatic heterocycles. The van der Waals surface area contributed by atoms with Crippen LogP contribution in [-0.2, 0) is 0 Å². The maximum Gasteiger partial charge on any atom is 0.142 e. The lowest BCUT2D eigenvalue weighted by molar-refractivity contribution is 0.286. The van der Waals surface area contributed by atoms with E-state index < -0.39 is 11.6 Å². The fourth-order valence-electron chi connectivity index (χ4n) is 2.10. The van der Waals surface area contributed by atoms with Crippen LogP contribution in [0, 0.1) is 11.6 Å². The lowest BCUT2D eigenvalue weighted by Gasteiger charge is -2.28. The number of hydrogen-bond acceptors (Lipinski definition) is 2. The van der Waals surface area contributed by atoms with E-state index >= 15 is 0 Å². The maximum absolute atomic E-state index is 13.2. The molecule has 1 heterocycles. The van der Waals surface area contributed by atoms with Gasteiger partial charge in [-0.1, -0.05) is 11.6 Å². The molecule has 5 heteroatoms. The van der Waals surface area contributed by atoms with Crippen molar-refractivity contribution in [3.8, 4) is 5.75 Å². The summed E-state index contributed by atoms with van der Waals surface area (Å²) in [5.41, 5.74) is 1.22. The summed E-state index contributed by atoms with van der Waals surface area (Å²) >= 11 is 5.91. The van der Waals surface area contributed by atoms with E-state index in [0.29, 0.717) is 28.6 Å². The van der Waals surface area contributed by atoms with Gasteiger partial charge in [0.2, 0.25) is 0 Å². The van der Waals surface area contributed by atoms with Gasteiger partial charge in [-0.15, -0.1) is 0 Å². The second-order valence-electron chi connectivity index (χ2n) is 4.35. The predicted molar refractivity (Wildman–Crippen MR) is 69.7 cm³/mol. The van der Waals surface area contributed by atoms with E-state index in [4.69, 9.17) is 16.3 Å². The molecule has 0 aromatic heterocycles. The molecular formula is C14H10ClF2NO. The van der Waals surface area contributed by atoms with Crippen LogP contribution in [0.15, 0.2) is 36.4 Å². The minimum atomic E-state index is -0.603. The molecule has 2 nitrogen and oxygen atoms in total. The van der Waals surface area contributed by atoms with Crippen LogP contribution < -0.4 is 10.1 Å². The van der Waals surface area contributed by atoms with Crippen molar-refractivity contribution in [2.75, 3.05) is 11.9 Å². The van der Waals surface area contributed by atoms with Gasteiger partial charge in [0.15, 0.2) is 0 Å². The average Bonchev–Trinajstić information content (AvgIpc) is 2.36. The van der Waals surface area contributed by atoms with Crippen LogP contribution in [0.5, 0.6) is 5.75 Å². The van der Waals surface area contributed by atoms with Crippen molar-refractivity contribution in [3.05, 3.63) is 58.6 Å². The highest BCUT2D eigenvalue weighted by molar-refractivity contribution is 6.30. The van der Waals surface area contributed by atoms with Gasteiger partial charge >= 0.3 is 0 Å². The van der Waals surface area contributed by atoms with Crippen molar-refractivity contribution in [1.82, 2.24) is 0 Å². The van der Waals surface area contributed by atoms with Crippen molar-refractivity contribution in [2.24, 2.45) is 0 Å². The minimum absolute atomic E-state index is 0.303. The van der Waals surface area contributed by atoms with Crippen LogP contribution in [0.25, 0.3) is 0 Å². The third-order valence-corrected chi connectivity index (χ3v) is 3.20. The minimum Gasteiger partial charge on any atom is -0.489 e. The van der Waals surface area contributed by atoms with Gasteiger partial charge in [-0.2, -0.15) is 0 Å². The summed E-state index contributed by atoms with van der Waals surface area (Å²) in [6, 6.07) is 8.32. The number of fused-ring (bicyclic) bond motifs is 1. The van der Waals surface area contributed by atoms with E-state index in [1.165, 1.54) is 12.1 Å². The quantitative estimate of drug-likeness (QED) is 0.847. The Labute approximate surface area is 114 Å². The summed E-state index contributed by atoms with van der Waals surface area (Å²) in [5, 5.41) is 3.74. The van der Waals surface area contributed by atoms with E-state index in [0.717, 1.165) is 6.07 Å². The van der Waals surface area contributed by atoms with Gasteiger partial charge in [0, 0.05) is 11.1 Å². The van der Waals surface area contributed by atoms with E-state index in [2.05, 4.69) is 5.32 Å². The van der Waals surface area contributed by atoms with E-state index in [-0.39, 0.29) is 6.04 Å². The van der Waals surface area contributed by atoms with Crippen molar-refractivity contribution < 1.29 is 13.5 Å². The van der Waals surface area contributed by atoms with E-state index in [1.54, 1.807) is 18.2 Å². The Morgan fingerprint density at radius 2 is 1.84 bits per heavy atom.